The van der Waals surface area contributed by atoms with Crippen LogP contribution >= 0.6 is 0 Å². The molecule has 0 unspecified atom stereocenters. The number of furan rings is 1. The molecule has 2 fully saturated rings. The molecule has 2 aromatic heterocycles. The topological polar surface area (TPSA) is 47.7 Å². The molecule has 1 spiro atoms. The molecule has 4 heterocycles. The molecule has 0 N–H and O–H groups in total. The Morgan fingerprint density at radius 1 is 1.27 bits per heavy atom. The Bertz CT molecular complexity index is 692. The summed E-state index contributed by atoms with van der Waals surface area (Å²) in [6, 6.07) is 8.00. The summed E-state index contributed by atoms with van der Waals surface area (Å²) in [5.74, 6) is 3.49. The van der Waals surface area contributed by atoms with E-state index in [1.165, 1.54) is 0 Å². The van der Waals surface area contributed by atoms with Crippen LogP contribution in [0.3, 0.4) is 0 Å². The third-order valence-corrected chi connectivity index (χ3v) is 5.85. The second-order valence-corrected chi connectivity index (χ2v) is 7.51. The lowest BCUT2D eigenvalue weighted by molar-refractivity contribution is -0.0715. The van der Waals surface area contributed by atoms with Gasteiger partial charge in [-0.1, -0.05) is 0 Å². The summed E-state index contributed by atoms with van der Waals surface area (Å²) in [6.07, 6.45) is 7.94. The molecule has 2 aromatic rings. The number of piperidine rings is 1. The smallest absolute Gasteiger partial charge is 0.137 e. The highest BCUT2D eigenvalue weighted by Gasteiger charge is 2.45. The molecule has 4 rings (SSSR count). The van der Waals surface area contributed by atoms with Gasteiger partial charge < -0.3 is 13.9 Å². The van der Waals surface area contributed by atoms with Gasteiger partial charge in [0.15, 0.2) is 0 Å². The molecule has 2 saturated heterocycles. The molecular formula is C21H28N2O3. The van der Waals surface area contributed by atoms with E-state index in [0.29, 0.717) is 5.92 Å². The molecule has 1 atom stereocenters. The van der Waals surface area contributed by atoms with E-state index >= 15 is 0 Å². The Hall–Kier alpha value is -1.85. The Balaban J connectivity index is 1.27. The van der Waals surface area contributed by atoms with Crippen LogP contribution in [0.25, 0.3) is 0 Å². The maximum absolute atomic E-state index is 6.28. The minimum absolute atomic E-state index is 0.0495. The average Bonchev–Trinajstić information content (AvgIpc) is 3.25. The summed E-state index contributed by atoms with van der Waals surface area (Å²) in [5, 5.41) is 0. The van der Waals surface area contributed by atoms with Crippen molar-refractivity contribution >= 4 is 0 Å². The Morgan fingerprint density at radius 3 is 2.88 bits per heavy atom. The lowest BCUT2D eigenvalue weighted by atomic mass is 9.78. The molecule has 0 aliphatic carbocycles. The number of aryl methyl sites for hydroxylation is 1. The first kappa shape index (κ1) is 17.6. The number of likely N-dealkylation sites (tertiary alicyclic amines) is 1. The normalized spacial score (nSPS) is 22.7. The fourth-order valence-corrected chi connectivity index (χ4v) is 4.38. The summed E-state index contributed by atoms with van der Waals surface area (Å²) in [6.45, 7) is 6.66. The first-order valence-corrected chi connectivity index (χ1v) is 9.68. The van der Waals surface area contributed by atoms with Crippen LogP contribution in [0, 0.1) is 12.8 Å². The number of hydrogen-bond acceptors (Lipinski definition) is 5. The van der Waals surface area contributed by atoms with E-state index < -0.39 is 0 Å². The van der Waals surface area contributed by atoms with E-state index in [-0.39, 0.29) is 5.60 Å². The van der Waals surface area contributed by atoms with Gasteiger partial charge in [0.25, 0.3) is 0 Å². The number of hydrogen-bond donors (Lipinski definition) is 0. The highest BCUT2D eigenvalue weighted by Crippen LogP contribution is 2.42. The molecule has 0 radical (unpaired) electrons. The van der Waals surface area contributed by atoms with Gasteiger partial charge in [-0.25, -0.2) is 0 Å². The van der Waals surface area contributed by atoms with Crippen molar-refractivity contribution in [3.05, 3.63) is 48.2 Å². The molecule has 2 aliphatic rings. The fraction of sp³-hybridized carbons (Fsp3) is 0.571. The largest absolute Gasteiger partial charge is 0.492 e. The van der Waals surface area contributed by atoms with E-state index in [2.05, 4.69) is 16.0 Å². The van der Waals surface area contributed by atoms with Crippen LogP contribution in [-0.2, 0) is 11.3 Å². The molecule has 5 heteroatoms. The van der Waals surface area contributed by atoms with Crippen LogP contribution in [0.1, 0.15) is 37.2 Å². The number of nitrogens with zero attached hydrogens (tertiary/aromatic N) is 2. The Labute approximate surface area is 155 Å². The van der Waals surface area contributed by atoms with E-state index in [0.717, 1.165) is 75.8 Å². The molecular weight excluding hydrogens is 328 g/mol. The average molecular weight is 356 g/mol. The summed E-state index contributed by atoms with van der Waals surface area (Å²) in [4.78, 5) is 6.58. The zero-order valence-corrected chi connectivity index (χ0v) is 15.5. The van der Waals surface area contributed by atoms with Crippen LogP contribution in [0.5, 0.6) is 5.75 Å². The number of pyridine rings is 1. The van der Waals surface area contributed by atoms with Gasteiger partial charge in [0, 0.05) is 25.9 Å². The van der Waals surface area contributed by atoms with Crippen molar-refractivity contribution < 1.29 is 13.9 Å². The predicted octanol–water partition coefficient (Wildman–Crippen LogP) is 3.82. The number of aromatic nitrogens is 1. The highest BCUT2D eigenvalue weighted by atomic mass is 16.5. The molecule has 0 amide bonds. The molecule has 140 valence electrons. The van der Waals surface area contributed by atoms with E-state index in [9.17, 15) is 0 Å². The van der Waals surface area contributed by atoms with Gasteiger partial charge in [-0.3, -0.25) is 9.88 Å². The third kappa shape index (κ3) is 3.94. The van der Waals surface area contributed by atoms with Crippen LogP contribution < -0.4 is 4.74 Å². The number of rotatable bonds is 6. The molecule has 2 aliphatic heterocycles. The molecule has 5 nitrogen and oxygen atoms in total. The van der Waals surface area contributed by atoms with Crippen molar-refractivity contribution in [2.75, 3.05) is 26.3 Å². The van der Waals surface area contributed by atoms with Gasteiger partial charge in [0.1, 0.15) is 17.3 Å². The second-order valence-electron chi connectivity index (χ2n) is 7.51. The summed E-state index contributed by atoms with van der Waals surface area (Å²) in [5.41, 5.74) is 0.0495. The lowest BCUT2D eigenvalue weighted by Gasteiger charge is -2.42. The SMILES string of the molecule is Cc1ccc(CN2CCC3(CC2)OCC[C@@H]3CCOc2cccnc2)o1. The van der Waals surface area contributed by atoms with Crippen LogP contribution in [0.15, 0.2) is 41.1 Å². The molecule has 0 bridgehead atoms. The number of ether oxygens (including phenoxy) is 2. The minimum atomic E-state index is 0.0495. The summed E-state index contributed by atoms with van der Waals surface area (Å²) >= 11 is 0. The maximum Gasteiger partial charge on any atom is 0.137 e. The predicted molar refractivity (Wildman–Crippen MR) is 99.1 cm³/mol. The summed E-state index contributed by atoms with van der Waals surface area (Å²) in [7, 11) is 0. The summed E-state index contributed by atoms with van der Waals surface area (Å²) < 4.78 is 17.9. The van der Waals surface area contributed by atoms with E-state index in [4.69, 9.17) is 13.9 Å². The van der Waals surface area contributed by atoms with E-state index in [1.54, 1.807) is 12.4 Å². The monoisotopic (exact) mass is 356 g/mol. The van der Waals surface area contributed by atoms with Crippen LogP contribution in [0.4, 0.5) is 0 Å². The van der Waals surface area contributed by atoms with Gasteiger partial charge in [0.2, 0.25) is 0 Å². The van der Waals surface area contributed by atoms with Gasteiger partial charge in [-0.15, -0.1) is 0 Å². The zero-order chi connectivity index (χ0) is 17.8. The standard InChI is InChI=1S/C21H28N2O3/c1-17-4-5-20(26-17)16-23-11-8-21(9-12-23)18(7-14-25-21)6-13-24-19-3-2-10-22-15-19/h2-5,10,15,18H,6-9,11-14,16H2,1H3/t18-/m0/s1. The zero-order valence-electron chi connectivity index (χ0n) is 15.5. The maximum atomic E-state index is 6.28. The van der Waals surface area contributed by atoms with Gasteiger partial charge in [-0.2, -0.15) is 0 Å². The van der Waals surface area contributed by atoms with Crippen molar-refractivity contribution in [1.29, 1.82) is 0 Å². The first-order valence-electron chi connectivity index (χ1n) is 9.68. The second kappa shape index (κ2) is 7.80. The highest BCUT2D eigenvalue weighted by molar-refractivity contribution is 5.15. The van der Waals surface area contributed by atoms with Crippen molar-refractivity contribution in [2.45, 2.75) is 44.8 Å². The minimum Gasteiger partial charge on any atom is -0.492 e. The van der Waals surface area contributed by atoms with Gasteiger partial charge in [0.05, 0.1) is 24.9 Å². The van der Waals surface area contributed by atoms with Gasteiger partial charge in [-0.05, 0) is 62.8 Å². The molecule has 0 aromatic carbocycles. The van der Waals surface area contributed by atoms with Crippen LogP contribution in [0.2, 0.25) is 0 Å². The first-order chi connectivity index (χ1) is 12.7. The lowest BCUT2D eigenvalue weighted by Crippen LogP contribution is -2.47. The van der Waals surface area contributed by atoms with Crippen molar-refractivity contribution in [2.24, 2.45) is 5.92 Å². The fourth-order valence-electron chi connectivity index (χ4n) is 4.38. The Morgan fingerprint density at radius 2 is 2.15 bits per heavy atom. The van der Waals surface area contributed by atoms with Crippen molar-refractivity contribution in [3.63, 3.8) is 0 Å². The molecule has 0 saturated carbocycles. The quantitative estimate of drug-likeness (QED) is 0.787. The third-order valence-electron chi connectivity index (χ3n) is 5.85. The molecule has 26 heavy (non-hydrogen) atoms. The van der Waals surface area contributed by atoms with Crippen molar-refractivity contribution in [1.82, 2.24) is 9.88 Å². The Kier molecular flexibility index (Phi) is 5.27. The van der Waals surface area contributed by atoms with Crippen molar-refractivity contribution in [3.8, 4) is 5.75 Å². The van der Waals surface area contributed by atoms with Crippen LogP contribution in [-0.4, -0.2) is 41.8 Å². The van der Waals surface area contributed by atoms with E-state index in [1.807, 2.05) is 25.1 Å². The van der Waals surface area contributed by atoms with Gasteiger partial charge >= 0.3 is 0 Å².